The number of hydrogen-bond acceptors (Lipinski definition) is 4. The van der Waals surface area contributed by atoms with Crippen molar-refractivity contribution in [2.24, 2.45) is 17.8 Å². The molecule has 4 rings (SSSR count). The monoisotopic (exact) mass is 301 g/mol. The van der Waals surface area contributed by atoms with Crippen LogP contribution in [0.15, 0.2) is 18.6 Å². The highest BCUT2D eigenvalue weighted by Gasteiger charge is 2.42. The van der Waals surface area contributed by atoms with E-state index in [1.165, 1.54) is 50.9 Å². The van der Waals surface area contributed by atoms with E-state index < -0.39 is 0 Å². The zero-order chi connectivity index (χ0) is 14.8. The fourth-order valence-corrected chi connectivity index (χ4v) is 4.93. The SMILES string of the molecule is c1cnc(C[C@H]2CCC[C@@H]3CN(C4CCOCC4)C[C@H]23)cn1. The lowest BCUT2D eigenvalue weighted by Gasteiger charge is -2.33. The maximum atomic E-state index is 5.54. The van der Waals surface area contributed by atoms with Crippen LogP contribution in [0.1, 0.15) is 37.8 Å². The van der Waals surface area contributed by atoms with Gasteiger partial charge in [-0.25, -0.2) is 0 Å². The van der Waals surface area contributed by atoms with Crippen LogP contribution >= 0.6 is 0 Å². The molecule has 0 bridgehead atoms. The number of ether oxygens (including phenoxy) is 1. The molecular weight excluding hydrogens is 274 g/mol. The van der Waals surface area contributed by atoms with E-state index in [-0.39, 0.29) is 0 Å². The van der Waals surface area contributed by atoms with Crippen LogP contribution in [-0.4, -0.2) is 47.2 Å². The van der Waals surface area contributed by atoms with Crippen LogP contribution < -0.4 is 0 Å². The first kappa shape index (κ1) is 14.6. The molecule has 2 saturated heterocycles. The minimum absolute atomic E-state index is 0.775. The summed E-state index contributed by atoms with van der Waals surface area (Å²) >= 11 is 0. The van der Waals surface area contributed by atoms with Crippen LogP contribution in [0.4, 0.5) is 0 Å². The van der Waals surface area contributed by atoms with Gasteiger partial charge in [-0.1, -0.05) is 6.42 Å². The predicted molar refractivity (Wildman–Crippen MR) is 85.5 cm³/mol. The number of fused-ring (bicyclic) bond motifs is 1. The highest BCUT2D eigenvalue weighted by Crippen LogP contribution is 2.42. The van der Waals surface area contributed by atoms with Gasteiger partial charge in [0.25, 0.3) is 0 Å². The molecule has 3 aliphatic rings. The Morgan fingerprint density at radius 3 is 2.82 bits per heavy atom. The summed E-state index contributed by atoms with van der Waals surface area (Å²) in [7, 11) is 0. The van der Waals surface area contributed by atoms with E-state index in [0.717, 1.165) is 43.4 Å². The smallest absolute Gasteiger partial charge is 0.0589 e. The first-order valence-corrected chi connectivity index (χ1v) is 8.97. The number of likely N-dealkylation sites (tertiary alicyclic amines) is 1. The molecule has 0 aromatic carbocycles. The molecule has 4 heteroatoms. The molecule has 1 aromatic heterocycles. The standard InChI is InChI=1S/C18H27N3O/c1-2-14(10-16-11-19-6-7-20-16)18-13-21(12-15(18)3-1)17-4-8-22-9-5-17/h6-7,11,14-15,17-18H,1-5,8-10,12-13H2/t14-,15-,18-/m1/s1. The topological polar surface area (TPSA) is 38.2 Å². The van der Waals surface area contributed by atoms with Crippen molar-refractivity contribution < 1.29 is 4.74 Å². The third-order valence-corrected chi connectivity index (χ3v) is 6.07. The summed E-state index contributed by atoms with van der Waals surface area (Å²) in [6.45, 7) is 4.55. The van der Waals surface area contributed by atoms with Crippen molar-refractivity contribution in [2.45, 2.75) is 44.6 Å². The second kappa shape index (κ2) is 6.63. The van der Waals surface area contributed by atoms with Crippen LogP contribution in [0.3, 0.4) is 0 Å². The van der Waals surface area contributed by atoms with Gasteiger partial charge in [0.2, 0.25) is 0 Å². The Balaban J connectivity index is 1.42. The summed E-state index contributed by atoms with van der Waals surface area (Å²) in [6, 6.07) is 0.775. The zero-order valence-electron chi connectivity index (χ0n) is 13.4. The third-order valence-electron chi connectivity index (χ3n) is 6.07. The molecule has 1 aromatic rings. The van der Waals surface area contributed by atoms with Crippen molar-refractivity contribution in [3.8, 4) is 0 Å². The Bertz CT molecular complexity index is 474. The largest absolute Gasteiger partial charge is 0.381 e. The van der Waals surface area contributed by atoms with Crippen LogP contribution in [0, 0.1) is 17.8 Å². The number of aromatic nitrogens is 2. The second-order valence-electron chi connectivity index (χ2n) is 7.31. The van der Waals surface area contributed by atoms with Gasteiger partial charge >= 0.3 is 0 Å². The van der Waals surface area contributed by atoms with Gasteiger partial charge in [0.1, 0.15) is 0 Å². The first-order valence-electron chi connectivity index (χ1n) is 8.97. The van der Waals surface area contributed by atoms with Crippen molar-refractivity contribution in [1.82, 2.24) is 14.9 Å². The Kier molecular flexibility index (Phi) is 4.39. The quantitative estimate of drug-likeness (QED) is 0.860. The highest BCUT2D eigenvalue weighted by molar-refractivity contribution is 5.01. The Morgan fingerprint density at radius 2 is 2.00 bits per heavy atom. The predicted octanol–water partition coefficient (Wildman–Crippen LogP) is 2.55. The molecular formula is C18H27N3O. The molecule has 0 N–H and O–H groups in total. The molecule has 0 spiro atoms. The average Bonchev–Trinajstić information content (AvgIpc) is 3.02. The fraction of sp³-hybridized carbons (Fsp3) is 0.778. The van der Waals surface area contributed by atoms with E-state index in [1.54, 1.807) is 6.20 Å². The number of hydrogen-bond donors (Lipinski definition) is 0. The van der Waals surface area contributed by atoms with Gasteiger partial charge in [0.15, 0.2) is 0 Å². The van der Waals surface area contributed by atoms with Crippen molar-refractivity contribution in [3.63, 3.8) is 0 Å². The van der Waals surface area contributed by atoms with Crippen molar-refractivity contribution in [3.05, 3.63) is 24.3 Å². The van der Waals surface area contributed by atoms with E-state index >= 15 is 0 Å². The lowest BCUT2D eigenvalue weighted by Crippen LogP contribution is -2.38. The van der Waals surface area contributed by atoms with E-state index in [0.29, 0.717) is 0 Å². The van der Waals surface area contributed by atoms with Crippen molar-refractivity contribution in [1.29, 1.82) is 0 Å². The summed E-state index contributed by atoms with van der Waals surface area (Å²) in [5.74, 6) is 2.59. The minimum atomic E-state index is 0.775. The summed E-state index contributed by atoms with van der Waals surface area (Å²) < 4.78 is 5.54. The van der Waals surface area contributed by atoms with E-state index in [1.807, 2.05) is 12.4 Å². The summed E-state index contributed by atoms with van der Waals surface area (Å²) in [6.07, 6.45) is 13.3. The van der Waals surface area contributed by atoms with Crippen LogP contribution in [-0.2, 0) is 11.2 Å². The van der Waals surface area contributed by atoms with Gasteiger partial charge in [0, 0.05) is 50.9 Å². The van der Waals surface area contributed by atoms with E-state index in [2.05, 4.69) is 14.9 Å². The van der Waals surface area contributed by atoms with Gasteiger partial charge in [-0.2, -0.15) is 0 Å². The Morgan fingerprint density at radius 1 is 1.09 bits per heavy atom. The van der Waals surface area contributed by atoms with E-state index in [9.17, 15) is 0 Å². The second-order valence-corrected chi connectivity index (χ2v) is 7.31. The van der Waals surface area contributed by atoms with Gasteiger partial charge < -0.3 is 4.74 Å². The van der Waals surface area contributed by atoms with Gasteiger partial charge in [0.05, 0.1) is 5.69 Å². The number of rotatable bonds is 3. The molecule has 2 aliphatic heterocycles. The highest BCUT2D eigenvalue weighted by atomic mass is 16.5. The van der Waals surface area contributed by atoms with Crippen molar-refractivity contribution in [2.75, 3.05) is 26.3 Å². The fourth-order valence-electron chi connectivity index (χ4n) is 4.93. The maximum absolute atomic E-state index is 5.54. The first-order chi connectivity index (χ1) is 10.9. The normalized spacial score (nSPS) is 33.7. The Hall–Kier alpha value is -1.00. The molecule has 3 heterocycles. The molecule has 3 atom stereocenters. The Labute approximate surface area is 133 Å². The molecule has 3 fully saturated rings. The lowest BCUT2D eigenvalue weighted by atomic mass is 9.72. The molecule has 0 unspecified atom stereocenters. The van der Waals surface area contributed by atoms with Gasteiger partial charge in [-0.15, -0.1) is 0 Å². The van der Waals surface area contributed by atoms with Crippen molar-refractivity contribution >= 4 is 0 Å². The van der Waals surface area contributed by atoms with Crippen LogP contribution in [0.2, 0.25) is 0 Å². The summed E-state index contributed by atoms with van der Waals surface area (Å²) in [5.41, 5.74) is 1.18. The minimum Gasteiger partial charge on any atom is -0.381 e. The van der Waals surface area contributed by atoms with Crippen LogP contribution in [0.25, 0.3) is 0 Å². The lowest BCUT2D eigenvalue weighted by molar-refractivity contribution is 0.0399. The molecule has 0 radical (unpaired) electrons. The number of nitrogens with zero attached hydrogens (tertiary/aromatic N) is 3. The van der Waals surface area contributed by atoms with Gasteiger partial charge in [-0.05, 0) is 49.9 Å². The zero-order valence-corrected chi connectivity index (χ0v) is 13.4. The maximum Gasteiger partial charge on any atom is 0.0589 e. The van der Waals surface area contributed by atoms with Gasteiger partial charge in [-0.3, -0.25) is 14.9 Å². The van der Waals surface area contributed by atoms with E-state index in [4.69, 9.17) is 4.74 Å². The third kappa shape index (κ3) is 3.04. The molecule has 22 heavy (non-hydrogen) atoms. The molecule has 1 saturated carbocycles. The van der Waals surface area contributed by atoms with Crippen LogP contribution in [0.5, 0.6) is 0 Å². The molecule has 120 valence electrons. The average molecular weight is 301 g/mol. The molecule has 0 amide bonds. The molecule has 1 aliphatic carbocycles. The molecule has 4 nitrogen and oxygen atoms in total. The summed E-state index contributed by atoms with van der Waals surface area (Å²) in [5, 5.41) is 0. The summed E-state index contributed by atoms with van der Waals surface area (Å²) in [4.78, 5) is 11.5.